The van der Waals surface area contributed by atoms with Crippen LogP contribution in [0.5, 0.6) is 0 Å². The number of benzene rings is 2. The second kappa shape index (κ2) is 11.6. The first-order valence-electron chi connectivity index (χ1n) is 11.1. The highest BCUT2D eigenvalue weighted by Crippen LogP contribution is 2.28. The number of hydrogen-bond acceptors (Lipinski definition) is 5. The SMILES string of the molecule is Cc1cncc2cccc(NC3CCN(C(=O)C(O)c4ccc(Cl)cc4)CC3)c12.O=C(O)C(F)(F)F. The Labute approximate surface area is 210 Å². The molecule has 11 heteroatoms. The van der Waals surface area contributed by atoms with Crippen molar-refractivity contribution in [2.45, 2.75) is 38.1 Å². The number of likely N-dealkylation sites (tertiary alicyclic amines) is 1. The van der Waals surface area contributed by atoms with Crippen molar-refractivity contribution in [3.63, 3.8) is 0 Å². The van der Waals surface area contributed by atoms with Crippen molar-refractivity contribution in [2.75, 3.05) is 18.4 Å². The Morgan fingerprint density at radius 1 is 1.11 bits per heavy atom. The van der Waals surface area contributed by atoms with E-state index in [2.05, 4.69) is 29.4 Å². The minimum atomic E-state index is -5.08. The standard InChI is InChI=1S/C23H24ClN3O2.C2HF3O2/c1-15-13-25-14-17-3-2-4-20(21(15)17)26-19-9-11-27(12-10-19)23(29)22(28)16-5-7-18(24)8-6-16;3-2(4,5)1(6)7/h2-8,13-14,19,22,26,28H,9-12H2,1H3;(H,6,7). The van der Waals surface area contributed by atoms with Crippen molar-refractivity contribution in [2.24, 2.45) is 0 Å². The number of aromatic nitrogens is 1. The third-order valence-corrected chi connectivity index (χ3v) is 6.05. The van der Waals surface area contributed by atoms with E-state index in [1.54, 1.807) is 29.2 Å². The Balaban J connectivity index is 0.000000454. The van der Waals surface area contributed by atoms with E-state index in [1.165, 1.54) is 5.39 Å². The monoisotopic (exact) mass is 523 g/mol. The number of rotatable bonds is 4. The number of aliphatic hydroxyl groups is 1. The van der Waals surface area contributed by atoms with Gasteiger partial charge in [0.25, 0.3) is 5.91 Å². The molecule has 3 N–H and O–H groups in total. The summed E-state index contributed by atoms with van der Waals surface area (Å²) in [5.74, 6) is -3.01. The van der Waals surface area contributed by atoms with Crippen LogP contribution in [0.2, 0.25) is 5.02 Å². The molecule has 0 aliphatic carbocycles. The maximum atomic E-state index is 12.7. The quantitative estimate of drug-likeness (QED) is 0.446. The van der Waals surface area contributed by atoms with Gasteiger partial charge >= 0.3 is 12.1 Å². The predicted octanol–water partition coefficient (Wildman–Crippen LogP) is 4.97. The van der Waals surface area contributed by atoms with Crippen LogP contribution in [0.15, 0.2) is 54.9 Å². The zero-order valence-electron chi connectivity index (χ0n) is 19.3. The van der Waals surface area contributed by atoms with Gasteiger partial charge in [0.05, 0.1) is 0 Å². The maximum Gasteiger partial charge on any atom is 0.490 e. The molecule has 1 unspecified atom stereocenters. The molecule has 0 spiro atoms. The van der Waals surface area contributed by atoms with Crippen LogP contribution in [0, 0.1) is 6.92 Å². The average Bonchev–Trinajstić information content (AvgIpc) is 2.84. The molecule has 1 aliphatic rings. The summed E-state index contributed by atoms with van der Waals surface area (Å²) < 4.78 is 31.7. The molecule has 0 bridgehead atoms. The fourth-order valence-corrected chi connectivity index (χ4v) is 4.08. The molecule has 3 aromatic rings. The van der Waals surface area contributed by atoms with Gasteiger partial charge in [-0.25, -0.2) is 4.79 Å². The molecule has 192 valence electrons. The largest absolute Gasteiger partial charge is 0.490 e. The zero-order valence-corrected chi connectivity index (χ0v) is 20.1. The smallest absolute Gasteiger partial charge is 0.475 e. The molecule has 1 aromatic heterocycles. The number of halogens is 4. The van der Waals surface area contributed by atoms with Crippen molar-refractivity contribution in [3.8, 4) is 0 Å². The number of nitrogens with zero attached hydrogens (tertiary/aromatic N) is 2. The fourth-order valence-electron chi connectivity index (χ4n) is 3.96. The fraction of sp³-hybridized carbons (Fsp3) is 0.320. The first kappa shape index (κ1) is 27.2. The predicted molar refractivity (Wildman–Crippen MR) is 130 cm³/mol. The molecule has 1 fully saturated rings. The summed E-state index contributed by atoms with van der Waals surface area (Å²) in [6.07, 6.45) is -0.802. The van der Waals surface area contributed by atoms with Gasteiger partial charge in [0.15, 0.2) is 6.10 Å². The molecular weight excluding hydrogens is 499 g/mol. The number of carbonyl (C=O) groups is 2. The molecule has 2 aromatic carbocycles. The van der Waals surface area contributed by atoms with E-state index in [0.29, 0.717) is 23.7 Å². The van der Waals surface area contributed by atoms with Gasteiger partial charge in [0, 0.05) is 53.0 Å². The van der Waals surface area contributed by atoms with E-state index in [1.807, 2.05) is 18.5 Å². The van der Waals surface area contributed by atoms with Gasteiger partial charge < -0.3 is 20.4 Å². The zero-order chi connectivity index (χ0) is 26.5. The van der Waals surface area contributed by atoms with Gasteiger partial charge in [-0.15, -0.1) is 0 Å². The Kier molecular flexibility index (Phi) is 8.75. The second-order valence-electron chi connectivity index (χ2n) is 8.36. The Morgan fingerprint density at radius 2 is 1.72 bits per heavy atom. The lowest BCUT2D eigenvalue weighted by atomic mass is 10.0. The molecule has 1 aliphatic heterocycles. The third-order valence-electron chi connectivity index (χ3n) is 5.80. The number of amides is 1. The molecule has 1 amide bonds. The summed E-state index contributed by atoms with van der Waals surface area (Å²) in [6, 6.07) is 13.2. The number of carbonyl (C=O) groups excluding carboxylic acids is 1. The highest BCUT2D eigenvalue weighted by Gasteiger charge is 2.38. The van der Waals surface area contributed by atoms with Gasteiger partial charge in [-0.2, -0.15) is 13.2 Å². The van der Waals surface area contributed by atoms with Crippen LogP contribution >= 0.6 is 11.6 Å². The molecule has 7 nitrogen and oxygen atoms in total. The number of hydrogen-bond donors (Lipinski definition) is 3. The number of aryl methyl sites for hydroxylation is 1. The molecular formula is C25H25ClF3N3O4. The minimum absolute atomic E-state index is 0.252. The lowest BCUT2D eigenvalue weighted by Crippen LogP contribution is -2.44. The van der Waals surface area contributed by atoms with Crippen LogP contribution in [-0.4, -0.2) is 57.3 Å². The molecule has 0 saturated carbocycles. The molecule has 4 rings (SSSR count). The maximum absolute atomic E-state index is 12.7. The summed E-state index contributed by atoms with van der Waals surface area (Å²) in [6.45, 7) is 3.30. The summed E-state index contributed by atoms with van der Waals surface area (Å²) in [4.78, 5) is 27.6. The number of pyridine rings is 1. The summed E-state index contributed by atoms with van der Waals surface area (Å²) >= 11 is 5.89. The van der Waals surface area contributed by atoms with Gasteiger partial charge in [0.1, 0.15) is 0 Å². The summed E-state index contributed by atoms with van der Waals surface area (Å²) in [5, 5.41) is 24.1. The van der Waals surface area contributed by atoms with Crippen molar-refractivity contribution in [3.05, 3.63) is 71.0 Å². The Hall–Kier alpha value is -3.37. The number of alkyl halides is 3. The third kappa shape index (κ3) is 6.86. The van der Waals surface area contributed by atoms with E-state index in [9.17, 15) is 23.1 Å². The molecule has 2 heterocycles. The first-order chi connectivity index (χ1) is 17.0. The lowest BCUT2D eigenvalue weighted by Gasteiger charge is -2.34. The normalized spacial score (nSPS) is 15.1. The number of carboxylic acid groups (broad SMARTS) is 1. The second-order valence-corrected chi connectivity index (χ2v) is 8.80. The minimum Gasteiger partial charge on any atom is -0.475 e. The van der Waals surface area contributed by atoms with Crippen LogP contribution in [0.4, 0.5) is 18.9 Å². The molecule has 0 radical (unpaired) electrons. The van der Waals surface area contributed by atoms with Gasteiger partial charge in [-0.05, 0) is 49.1 Å². The first-order valence-corrected chi connectivity index (χ1v) is 11.5. The van der Waals surface area contributed by atoms with Crippen LogP contribution in [-0.2, 0) is 9.59 Å². The number of nitrogens with one attached hydrogen (secondary N) is 1. The van der Waals surface area contributed by atoms with E-state index < -0.39 is 18.2 Å². The Bertz CT molecular complexity index is 1210. The molecule has 1 atom stereocenters. The van der Waals surface area contributed by atoms with Crippen LogP contribution in [0.1, 0.15) is 30.1 Å². The van der Waals surface area contributed by atoms with Crippen molar-refractivity contribution in [1.82, 2.24) is 9.88 Å². The number of anilines is 1. The van der Waals surface area contributed by atoms with E-state index in [-0.39, 0.29) is 11.9 Å². The van der Waals surface area contributed by atoms with Gasteiger partial charge in [0.2, 0.25) is 0 Å². The van der Waals surface area contributed by atoms with Gasteiger partial charge in [-0.1, -0.05) is 35.9 Å². The van der Waals surface area contributed by atoms with Crippen molar-refractivity contribution in [1.29, 1.82) is 0 Å². The summed E-state index contributed by atoms with van der Waals surface area (Å²) in [7, 11) is 0. The molecule has 36 heavy (non-hydrogen) atoms. The molecule has 1 saturated heterocycles. The van der Waals surface area contributed by atoms with Crippen molar-refractivity contribution < 1.29 is 33.0 Å². The van der Waals surface area contributed by atoms with E-state index >= 15 is 0 Å². The van der Waals surface area contributed by atoms with Crippen LogP contribution in [0.25, 0.3) is 10.8 Å². The topological polar surface area (TPSA) is 103 Å². The average molecular weight is 524 g/mol. The van der Waals surface area contributed by atoms with Crippen molar-refractivity contribution >= 4 is 39.9 Å². The number of fused-ring (bicyclic) bond motifs is 1. The summed E-state index contributed by atoms with van der Waals surface area (Å²) in [5.41, 5.74) is 2.82. The number of aliphatic carboxylic acids is 1. The number of aliphatic hydroxyl groups excluding tert-OH is 1. The lowest BCUT2D eigenvalue weighted by molar-refractivity contribution is -0.192. The van der Waals surface area contributed by atoms with Crippen LogP contribution < -0.4 is 5.32 Å². The number of piperidine rings is 1. The van der Waals surface area contributed by atoms with Crippen LogP contribution in [0.3, 0.4) is 0 Å². The van der Waals surface area contributed by atoms with Gasteiger partial charge in [-0.3, -0.25) is 9.78 Å². The highest BCUT2D eigenvalue weighted by molar-refractivity contribution is 6.30. The Morgan fingerprint density at radius 3 is 2.31 bits per heavy atom. The van der Waals surface area contributed by atoms with E-state index in [4.69, 9.17) is 21.5 Å². The number of carboxylic acids is 1. The highest BCUT2D eigenvalue weighted by atomic mass is 35.5. The van der Waals surface area contributed by atoms with E-state index in [0.717, 1.165) is 29.5 Å².